The number of benzene rings is 2. The lowest BCUT2D eigenvalue weighted by Crippen LogP contribution is -2.30. The van der Waals surface area contributed by atoms with Crippen LogP contribution in [-0.4, -0.2) is 24.1 Å². The predicted molar refractivity (Wildman–Crippen MR) is 91.9 cm³/mol. The molecule has 0 aliphatic heterocycles. The van der Waals surface area contributed by atoms with Gasteiger partial charge in [-0.1, -0.05) is 35.3 Å². The number of amides is 1. The standard InChI is InChI=1S/C17H15Cl2NO4/c1-24-12-5-2-10(3-6-12)15(9-16(21)22)20-17(23)13-7-4-11(18)8-14(13)19/h2-8,15H,9H2,1H3,(H,20,23)(H,21,22)/t15-/m1/s1. The highest BCUT2D eigenvalue weighted by Gasteiger charge is 2.20. The third kappa shape index (κ3) is 4.63. The van der Waals surface area contributed by atoms with E-state index in [9.17, 15) is 9.59 Å². The summed E-state index contributed by atoms with van der Waals surface area (Å²) in [5.41, 5.74) is 0.876. The van der Waals surface area contributed by atoms with Gasteiger partial charge in [-0.3, -0.25) is 9.59 Å². The summed E-state index contributed by atoms with van der Waals surface area (Å²) >= 11 is 11.8. The van der Waals surface area contributed by atoms with Crippen LogP contribution in [0.5, 0.6) is 5.75 Å². The Labute approximate surface area is 149 Å². The summed E-state index contributed by atoms with van der Waals surface area (Å²) in [5.74, 6) is -0.864. The normalized spacial score (nSPS) is 11.6. The largest absolute Gasteiger partial charge is 0.497 e. The highest BCUT2D eigenvalue weighted by Crippen LogP contribution is 2.24. The topological polar surface area (TPSA) is 75.6 Å². The maximum Gasteiger partial charge on any atom is 0.305 e. The van der Waals surface area contributed by atoms with Crippen molar-refractivity contribution in [2.24, 2.45) is 0 Å². The second-order valence-electron chi connectivity index (χ2n) is 5.02. The van der Waals surface area contributed by atoms with Crippen molar-refractivity contribution in [3.8, 4) is 5.75 Å². The zero-order valence-corrected chi connectivity index (χ0v) is 14.3. The van der Waals surface area contributed by atoms with E-state index in [0.717, 1.165) is 0 Å². The molecule has 0 bridgehead atoms. The number of hydrogen-bond donors (Lipinski definition) is 2. The average Bonchev–Trinajstić information content (AvgIpc) is 2.53. The molecule has 0 heterocycles. The number of hydrogen-bond acceptors (Lipinski definition) is 3. The van der Waals surface area contributed by atoms with E-state index in [1.165, 1.54) is 19.2 Å². The molecular weight excluding hydrogens is 353 g/mol. The zero-order valence-electron chi connectivity index (χ0n) is 12.8. The first-order valence-corrected chi connectivity index (χ1v) is 7.78. The Morgan fingerprint density at radius 3 is 2.38 bits per heavy atom. The van der Waals surface area contributed by atoms with Crippen LogP contribution in [0.15, 0.2) is 42.5 Å². The van der Waals surface area contributed by atoms with Crippen LogP contribution >= 0.6 is 23.2 Å². The lowest BCUT2D eigenvalue weighted by Gasteiger charge is -2.18. The molecule has 0 aromatic heterocycles. The maximum atomic E-state index is 12.4. The van der Waals surface area contributed by atoms with Crippen molar-refractivity contribution in [2.45, 2.75) is 12.5 Å². The van der Waals surface area contributed by atoms with Gasteiger partial charge < -0.3 is 15.2 Å². The lowest BCUT2D eigenvalue weighted by molar-refractivity contribution is -0.137. The maximum absolute atomic E-state index is 12.4. The molecule has 1 atom stereocenters. The minimum atomic E-state index is -1.03. The quantitative estimate of drug-likeness (QED) is 0.810. The smallest absolute Gasteiger partial charge is 0.305 e. The van der Waals surface area contributed by atoms with Crippen molar-refractivity contribution in [2.75, 3.05) is 7.11 Å². The number of carboxylic acids is 1. The van der Waals surface area contributed by atoms with Gasteiger partial charge in [0.1, 0.15) is 5.75 Å². The molecule has 2 aromatic rings. The van der Waals surface area contributed by atoms with Gasteiger partial charge >= 0.3 is 5.97 Å². The van der Waals surface area contributed by atoms with Crippen molar-refractivity contribution in [3.63, 3.8) is 0 Å². The molecule has 0 fully saturated rings. The van der Waals surface area contributed by atoms with E-state index in [0.29, 0.717) is 16.3 Å². The van der Waals surface area contributed by atoms with Gasteiger partial charge in [-0.25, -0.2) is 0 Å². The Morgan fingerprint density at radius 1 is 1.17 bits per heavy atom. The molecule has 126 valence electrons. The third-order valence-corrected chi connectivity index (χ3v) is 3.93. The van der Waals surface area contributed by atoms with Crippen LogP contribution in [0.4, 0.5) is 0 Å². The summed E-state index contributed by atoms with van der Waals surface area (Å²) in [5, 5.41) is 12.4. The molecule has 0 radical (unpaired) electrons. The van der Waals surface area contributed by atoms with Gasteiger partial charge in [-0.05, 0) is 35.9 Å². The molecule has 5 nitrogen and oxygen atoms in total. The minimum Gasteiger partial charge on any atom is -0.497 e. The predicted octanol–water partition coefficient (Wildman–Crippen LogP) is 3.95. The summed E-state index contributed by atoms with van der Waals surface area (Å²) in [7, 11) is 1.54. The molecule has 0 unspecified atom stereocenters. The van der Waals surface area contributed by atoms with Crippen LogP contribution in [0.25, 0.3) is 0 Å². The molecule has 0 aliphatic rings. The number of methoxy groups -OCH3 is 1. The Balaban J connectivity index is 2.24. The number of aliphatic carboxylic acids is 1. The van der Waals surface area contributed by atoms with Crippen LogP contribution < -0.4 is 10.1 Å². The number of nitrogens with one attached hydrogen (secondary N) is 1. The number of carboxylic acid groups (broad SMARTS) is 1. The first-order valence-electron chi connectivity index (χ1n) is 7.02. The Kier molecular flexibility index (Phi) is 6.06. The number of rotatable bonds is 6. The Hall–Kier alpha value is -2.24. The highest BCUT2D eigenvalue weighted by atomic mass is 35.5. The van der Waals surface area contributed by atoms with Gasteiger partial charge in [-0.2, -0.15) is 0 Å². The van der Waals surface area contributed by atoms with Crippen LogP contribution in [0, 0.1) is 0 Å². The van der Waals surface area contributed by atoms with Gasteiger partial charge in [0, 0.05) is 5.02 Å². The second-order valence-corrected chi connectivity index (χ2v) is 5.86. The fourth-order valence-corrected chi connectivity index (χ4v) is 2.67. The minimum absolute atomic E-state index is 0.198. The van der Waals surface area contributed by atoms with E-state index in [1.807, 2.05) is 0 Å². The van der Waals surface area contributed by atoms with E-state index in [1.54, 1.807) is 30.3 Å². The molecule has 2 N–H and O–H groups in total. The van der Waals surface area contributed by atoms with Gasteiger partial charge in [0.2, 0.25) is 0 Å². The number of carbonyl (C=O) groups is 2. The summed E-state index contributed by atoms with van der Waals surface area (Å²) < 4.78 is 5.07. The number of halogens is 2. The van der Waals surface area contributed by atoms with Gasteiger partial charge in [-0.15, -0.1) is 0 Å². The lowest BCUT2D eigenvalue weighted by atomic mass is 10.0. The van der Waals surface area contributed by atoms with Crippen molar-refractivity contribution < 1.29 is 19.4 Å². The zero-order chi connectivity index (χ0) is 17.7. The summed E-state index contributed by atoms with van der Waals surface area (Å²) in [6, 6.07) is 10.6. The molecule has 2 rings (SSSR count). The van der Waals surface area contributed by atoms with E-state index in [2.05, 4.69) is 5.32 Å². The highest BCUT2D eigenvalue weighted by molar-refractivity contribution is 6.36. The van der Waals surface area contributed by atoms with E-state index in [4.69, 9.17) is 33.0 Å². The Bertz CT molecular complexity index is 747. The molecule has 1 amide bonds. The second kappa shape index (κ2) is 8.04. The first kappa shape index (κ1) is 18.1. The van der Waals surface area contributed by atoms with Crippen LogP contribution in [0.2, 0.25) is 10.0 Å². The van der Waals surface area contributed by atoms with Gasteiger partial charge in [0.25, 0.3) is 5.91 Å². The number of ether oxygens (including phenoxy) is 1. The summed E-state index contributed by atoms with van der Waals surface area (Å²) in [4.78, 5) is 23.5. The Morgan fingerprint density at radius 2 is 1.83 bits per heavy atom. The molecule has 7 heteroatoms. The van der Waals surface area contributed by atoms with Crippen LogP contribution in [-0.2, 0) is 4.79 Å². The molecule has 0 saturated carbocycles. The van der Waals surface area contributed by atoms with Crippen molar-refractivity contribution >= 4 is 35.1 Å². The van der Waals surface area contributed by atoms with Crippen molar-refractivity contribution in [1.82, 2.24) is 5.32 Å². The van der Waals surface area contributed by atoms with E-state index >= 15 is 0 Å². The SMILES string of the molecule is COc1ccc([C@@H](CC(=O)O)NC(=O)c2ccc(Cl)cc2Cl)cc1. The van der Waals surface area contributed by atoms with Crippen molar-refractivity contribution in [1.29, 1.82) is 0 Å². The molecule has 0 saturated heterocycles. The monoisotopic (exact) mass is 367 g/mol. The summed E-state index contributed by atoms with van der Waals surface area (Å²) in [6.45, 7) is 0. The molecule has 0 aliphatic carbocycles. The van der Waals surface area contributed by atoms with Crippen molar-refractivity contribution in [3.05, 3.63) is 63.6 Å². The van der Waals surface area contributed by atoms with Crippen LogP contribution in [0.1, 0.15) is 28.4 Å². The molecule has 24 heavy (non-hydrogen) atoms. The molecular formula is C17H15Cl2NO4. The third-order valence-electron chi connectivity index (χ3n) is 3.38. The van der Waals surface area contributed by atoms with Gasteiger partial charge in [0.05, 0.1) is 30.2 Å². The first-order chi connectivity index (χ1) is 11.4. The van der Waals surface area contributed by atoms with E-state index < -0.39 is 17.9 Å². The number of carbonyl (C=O) groups excluding carboxylic acids is 1. The molecule has 0 spiro atoms. The van der Waals surface area contributed by atoms with E-state index in [-0.39, 0.29) is 17.0 Å². The average molecular weight is 368 g/mol. The fourth-order valence-electron chi connectivity index (χ4n) is 2.17. The summed E-state index contributed by atoms with van der Waals surface area (Å²) in [6.07, 6.45) is -0.261. The fraction of sp³-hybridized carbons (Fsp3) is 0.176. The van der Waals surface area contributed by atoms with Crippen LogP contribution in [0.3, 0.4) is 0 Å². The molecule has 2 aromatic carbocycles. The van der Waals surface area contributed by atoms with Gasteiger partial charge in [0.15, 0.2) is 0 Å².